The lowest BCUT2D eigenvalue weighted by atomic mass is 10.1. The van der Waals surface area contributed by atoms with Crippen molar-refractivity contribution in [2.24, 2.45) is 10.2 Å². The van der Waals surface area contributed by atoms with E-state index < -0.39 is 0 Å². The quantitative estimate of drug-likeness (QED) is 0.555. The van der Waals surface area contributed by atoms with Crippen LogP contribution in [0.4, 0.5) is 5.69 Å². The Kier molecular flexibility index (Phi) is 5.86. The van der Waals surface area contributed by atoms with E-state index in [2.05, 4.69) is 10.2 Å². The summed E-state index contributed by atoms with van der Waals surface area (Å²) in [5, 5.41) is 8.36. The van der Waals surface area contributed by atoms with Gasteiger partial charge in [0.15, 0.2) is 17.2 Å². The molecule has 0 unspecified atom stereocenters. The Hall–Kier alpha value is -3.15. The molecule has 0 spiro atoms. The Morgan fingerprint density at radius 2 is 1.93 bits per heavy atom. The molecule has 0 bridgehead atoms. The van der Waals surface area contributed by atoms with Gasteiger partial charge in [0.1, 0.15) is 0 Å². The molecule has 2 aromatic rings. The molecule has 0 saturated carbocycles. The van der Waals surface area contributed by atoms with Crippen molar-refractivity contribution < 1.29 is 14.3 Å². The lowest BCUT2D eigenvalue weighted by Gasteiger charge is -2.14. The van der Waals surface area contributed by atoms with E-state index in [1.807, 2.05) is 56.3 Å². The summed E-state index contributed by atoms with van der Waals surface area (Å²) in [4.78, 5) is 14.5. The number of benzene rings is 2. The van der Waals surface area contributed by atoms with Crippen molar-refractivity contribution in [1.82, 2.24) is 0 Å². The maximum Gasteiger partial charge on any atom is 0.279 e. The first-order valence-electron chi connectivity index (χ1n) is 9.02. The molecule has 0 fully saturated rings. The first kappa shape index (κ1) is 18.6. The number of nitrogens with zero attached hydrogens (tertiary/aromatic N) is 3. The standard InChI is InChI=1S/C21H23N3O3/c1-4-12-24-17-9-7-6-8-16(17)20(21(24)25)23-22-14-15-10-11-18(26-3)19(13-15)27-5-2/h6-11,13-14H,4-5,12H2,1-3H3/b22-14-,23-20+. The lowest BCUT2D eigenvalue weighted by molar-refractivity contribution is -0.112. The van der Waals surface area contributed by atoms with Gasteiger partial charge < -0.3 is 14.4 Å². The Morgan fingerprint density at radius 3 is 2.67 bits per heavy atom. The summed E-state index contributed by atoms with van der Waals surface area (Å²) in [6.07, 6.45) is 2.48. The van der Waals surface area contributed by atoms with Gasteiger partial charge in [-0.15, -0.1) is 5.10 Å². The minimum absolute atomic E-state index is 0.111. The molecule has 0 N–H and O–H groups in total. The van der Waals surface area contributed by atoms with E-state index in [4.69, 9.17) is 9.47 Å². The number of fused-ring (bicyclic) bond motifs is 1. The summed E-state index contributed by atoms with van der Waals surface area (Å²) in [5.74, 6) is 1.20. The molecule has 1 aliphatic heterocycles. The second-order valence-electron chi connectivity index (χ2n) is 6.01. The monoisotopic (exact) mass is 365 g/mol. The summed E-state index contributed by atoms with van der Waals surface area (Å²) in [7, 11) is 1.60. The summed E-state index contributed by atoms with van der Waals surface area (Å²) in [6.45, 7) is 5.16. The third-order valence-electron chi connectivity index (χ3n) is 4.20. The van der Waals surface area contributed by atoms with Gasteiger partial charge in [-0.05, 0) is 43.2 Å². The average Bonchev–Trinajstić information content (AvgIpc) is 2.95. The summed E-state index contributed by atoms with van der Waals surface area (Å²) in [5.41, 5.74) is 2.89. The van der Waals surface area contributed by atoms with Crippen LogP contribution in [0.5, 0.6) is 11.5 Å². The van der Waals surface area contributed by atoms with Crippen LogP contribution in [0.25, 0.3) is 0 Å². The molecule has 0 atom stereocenters. The number of anilines is 1. The van der Waals surface area contributed by atoms with E-state index >= 15 is 0 Å². The molecule has 0 radical (unpaired) electrons. The van der Waals surface area contributed by atoms with Crippen LogP contribution in [0.1, 0.15) is 31.4 Å². The Labute approximate surface area is 159 Å². The van der Waals surface area contributed by atoms with E-state index in [9.17, 15) is 4.79 Å². The first-order valence-corrected chi connectivity index (χ1v) is 9.02. The Balaban J connectivity index is 1.87. The maximum absolute atomic E-state index is 12.7. The fourth-order valence-corrected chi connectivity index (χ4v) is 3.00. The van der Waals surface area contributed by atoms with Crippen LogP contribution >= 0.6 is 0 Å². The highest BCUT2D eigenvalue weighted by Crippen LogP contribution is 2.30. The minimum atomic E-state index is -0.111. The smallest absolute Gasteiger partial charge is 0.279 e. The minimum Gasteiger partial charge on any atom is -0.493 e. The van der Waals surface area contributed by atoms with Crippen molar-refractivity contribution in [1.29, 1.82) is 0 Å². The fourth-order valence-electron chi connectivity index (χ4n) is 3.00. The number of methoxy groups -OCH3 is 1. The number of hydrogen-bond acceptors (Lipinski definition) is 5. The van der Waals surface area contributed by atoms with Crippen molar-refractivity contribution in [3.8, 4) is 11.5 Å². The van der Waals surface area contributed by atoms with Crippen molar-refractivity contribution in [2.75, 3.05) is 25.2 Å². The van der Waals surface area contributed by atoms with Crippen LogP contribution in [0.2, 0.25) is 0 Å². The van der Waals surface area contributed by atoms with Crippen LogP contribution in [0, 0.1) is 0 Å². The summed E-state index contributed by atoms with van der Waals surface area (Å²) < 4.78 is 10.8. The second-order valence-corrected chi connectivity index (χ2v) is 6.01. The highest BCUT2D eigenvalue weighted by Gasteiger charge is 2.33. The lowest BCUT2D eigenvalue weighted by Crippen LogP contribution is -2.30. The molecule has 0 aliphatic carbocycles. The summed E-state index contributed by atoms with van der Waals surface area (Å²) in [6, 6.07) is 13.2. The predicted octanol–water partition coefficient (Wildman–Crippen LogP) is 3.67. The number of amides is 1. The van der Waals surface area contributed by atoms with Crippen LogP contribution in [0.15, 0.2) is 52.7 Å². The molecule has 3 rings (SSSR count). The zero-order valence-electron chi connectivity index (χ0n) is 15.8. The molecule has 1 aliphatic rings. The molecule has 0 aromatic heterocycles. The molecule has 1 amide bonds. The van der Waals surface area contributed by atoms with Gasteiger partial charge in [-0.2, -0.15) is 5.10 Å². The highest BCUT2D eigenvalue weighted by atomic mass is 16.5. The number of ether oxygens (including phenoxy) is 2. The second kappa shape index (κ2) is 8.49. The van der Waals surface area contributed by atoms with Crippen LogP contribution in [-0.2, 0) is 4.79 Å². The molecule has 140 valence electrons. The predicted molar refractivity (Wildman–Crippen MR) is 107 cm³/mol. The number of carbonyl (C=O) groups excluding carboxylic acids is 1. The number of carbonyl (C=O) groups is 1. The zero-order chi connectivity index (χ0) is 19.2. The van der Waals surface area contributed by atoms with Crippen LogP contribution in [0.3, 0.4) is 0 Å². The molecule has 0 saturated heterocycles. The van der Waals surface area contributed by atoms with E-state index in [1.165, 1.54) is 0 Å². The van der Waals surface area contributed by atoms with Crippen molar-refractivity contribution >= 4 is 23.5 Å². The number of hydrogen-bond donors (Lipinski definition) is 0. The van der Waals surface area contributed by atoms with Crippen LogP contribution in [-0.4, -0.2) is 38.1 Å². The topological polar surface area (TPSA) is 63.5 Å². The molecular formula is C21H23N3O3. The van der Waals surface area contributed by atoms with Crippen molar-refractivity contribution in [2.45, 2.75) is 20.3 Å². The maximum atomic E-state index is 12.7. The van der Waals surface area contributed by atoms with Gasteiger partial charge in [-0.25, -0.2) is 0 Å². The highest BCUT2D eigenvalue weighted by molar-refractivity contribution is 6.54. The average molecular weight is 365 g/mol. The van der Waals surface area contributed by atoms with Gasteiger partial charge in [-0.3, -0.25) is 4.79 Å². The van der Waals surface area contributed by atoms with Crippen molar-refractivity contribution in [3.63, 3.8) is 0 Å². The third kappa shape index (κ3) is 3.84. The largest absolute Gasteiger partial charge is 0.493 e. The van der Waals surface area contributed by atoms with Gasteiger partial charge in [-0.1, -0.05) is 25.1 Å². The third-order valence-corrected chi connectivity index (χ3v) is 4.20. The SMILES string of the molecule is CCCN1C(=O)/C(=N/N=C\c2ccc(OC)c(OCC)c2)c2ccccc21. The van der Waals surface area contributed by atoms with Gasteiger partial charge in [0.2, 0.25) is 0 Å². The Morgan fingerprint density at radius 1 is 1.11 bits per heavy atom. The molecule has 27 heavy (non-hydrogen) atoms. The molecule has 1 heterocycles. The number of rotatable bonds is 7. The van der Waals surface area contributed by atoms with Gasteiger partial charge in [0.05, 0.1) is 25.6 Å². The van der Waals surface area contributed by atoms with Crippen molar-refractivity contribution in [3.05, 3.63) is 53.6 Å². The van der Waals surface area contributed by atoms with Gasteiger partial charge in [0.25, 0.3) is 5.91 Å². The zero-order valence-corrected chi connectivity index (χ0v) is 15.8. The Bertz CT molecular complexity index is 890. The summed E-state index contributed by atoms with van der Waals surface area (Å²) >= 11 is 0. The normalized spacial score (nSPS) is 14.9. The van der Waals surface area contributed by atoms with E-state index in [0.29, 0.717) is 30.4 Å². The molecule has 6 heteroatoms. The first-order chi connectivity index (χ1) is 13.2. The van der Waals surface area contributed by atoms with Gasteiger partial charge in [0, 0.05) is 12.1 Å². The molecule has 6 nitrogen and oxygen atoms in total. The fraction of sp³-hybridized carbons (Fsp3) is 0.286. The van der Waals surface area contributed by atoms with Gasteiger partial charge >= 0.3 is 0 Å². The molecule has 2 aromatic carbocycles. The molecular weight excluding hydrogens is 342 g/mol. The van der Waals surface area contributed by atoms with Crippen LogP contribution < -0.4 is 14.4 Å². The van der Waals surface area contributed by atoms with E-state index in [-0.39, 0.29) is 5.91 Å². The van der Waals surface area contributed by atoms with E-state index in [1.54, 1.807) is 18.2 Å². The number of para-hydroxylation sites is 1. The van der Waals surface area contributed by atoms with E-state index in [0.717, 1.165) is 23.2 Å².